The van der Waals surface area contributed by atoms with E-state index in [0.717, 1.165) is 5.44 Å². The zero-order chi connectivity index (χ0) is 19.4. The predicted molar refractivity (Wildman–Crippen MR) is 118 cm³/mol. The van der Waals surface area contributed by atoms with Crippen LogP contribution in [0, 0.1) is 0 Å². The van der Waals surface area contributed by atoms with Gasteiger partial charge in [-0.25, -0.2) is 4.39 Å². The van der Waals surface area contributed by atoms with Gasteiger partial charge in [-0.3, -0.25) is 0 Å². The number of alkyl halides is 1. The first-order valence-corrected chi connectivity index (χ1v) is 12.0. The maximum atomic E-state index is 13.5. The highest BCUT2D eigenvalue weighted by atomic mass is 127. The Kier molecular flexibility index (Phi) is 7.49. The van der Waals surface area contributed by atoms with Gasteiger partial charge in [-0.1, -0.05) is 66.4 Å². The van der Waals surface area contributed by atoms with Gasteiger partial charge in [0.25, 0.3) is 5.44 Å². The number of aromatic nitrogens is 1. The molecule has 1 heterocycles. The van der Waals surface area contributed by atoms with Gasteiger partial charge in [-0.15, -0.1) is 0 Å². The Morgan fingerprint density at radius 2 is 1.21 bits per heavy atom. The smallest absolute Gasteiger partial charge is 0.250 e. The van der Waals surface area contributed by atoms with Crippen molar-refractivity contribution in [1.29, 1.82) is 0 Å². The lowest BCUT2D eigenvalue weighted by atomic mass is 10.4. The number of benzene rings is 3. The zero-order valence-electron chi connectivity index (χ0n) is 15.8. The number of hydrogen-bond donors (Lipinski definition) is 0. The Morgan fingerprint density at radius 1 is 0.793 bits per heavy atom. The van der Waals surface area contributed by atoms with Gasteiger partial charge in [0.1, 0.15) is 15.9 Å². The molecule has 2 nitrogen and oxygen atoms in total. The fraction of sp³-hybridized carbons (Fsp3) is 0.0870. The highest BCUT2D eigenvalue weighted by Crippen LogP contribution is 2.55. The number of rotatable bonds is 6. The van der Waals surface area contributed by atoms with E-state index in [2.05, 4.69) is 41.4 Å². The van der Waals surface area contributed by atoms with Crippen molar-refractivity contribution in [2.24, 2.45) is 0 Å². The summed E-state index contributed by atoms with van der Waals surface area (Å²) in [6.07, 6.45) is 1.95. The summed E-state index contributed by atoms with van der Waals surface area (Å²) in [4.78, 5) is 4.69. The largest absolute Gasteiger partial charge is 1.00 e. The van der Waals surface area contributed by atoms with E-state index in [9.17, 15) is 4.39 Å². The Balaban J connectivity index is 0.00000240. The lowest BCUT2D eigenvalue weighted by molar-refractivity contribution is -0.00000635. The maximum absolute atomic E-state index is 13.5. The standard InChI is InChI=1S/C23H20FNOPS.HI/c1-28-23-22(25-21(17-24)26-23)27(18-11-5-2-6-12-18,19-13-7-3-8-14-19)20-15-9-4-10-16-20;/h2-16H,17H2,1H3;1H/q+1;/p-1. The molecule has 0 amide bonds. The predicted octanol–water partition coefficient (Wildman–Crippen LogP) is 1.49. The molecule has 1 aromatic heterocycles. The van der Waals surface area contributed by atoms with Crippen LogP contribution in [0.25, 0.3) is 0 Å². The van der Waals surface area contributed by atoms with E-state index >= 15 is 0 Å². The number of nitrogens with zero attached hydrogens (tertiary/aromatic N) is 1. The summed E-state index contributed by atoms with van der Waals surface area (Å²) in [6, 6.07) is 31.2. The van der Waals surface area contributed by atoms with E-state index in [-0.39, 0.29) is 29.9 Å². The van der Waals surface area contributed by atoms with E-state index in [0.29, 0.717) is 5.09 Å². The molecule has 0 fully saturated rings. The molecule has 0 aliphatic carbocycles. The van der Waals surface area contributed by atoms with Crippen molar-refractivity contribution < 1.29 is 32.8 Å². The van der Waals surface area contributed by atoms with Gasteiger partial charge in [0.05, 0.1) is 0 Å². The third-order valence-electron chi connectivity index (χ3n) is 4.67. The molecule has 0 spiro atoms. The zero-order valence-corrected chi connectivity index (χ0v) is 19.7. The van der Waals surface area contributed by atoms with Crippen LogP contribution in [-0.2, 0) is 6.67 Å². The Morgan fingerprint density at radius 3 is 1.55 bits per heavy atom. The molecule has 0 radical (unpaired) electrons. The van der Waals surface area contributed by atoms with Crippen LogP contribution in [0.3, 0.4) is 0 Å². The topological polar surface area (TPSA) is 26.0 Å². The van der Waals surface area contributed by atoms with Gasteiger partial charge < -0.3 is 28.4 Å². The number of hydrogen-bond acceptors (Lipinski definition) is 3. The minimum Gasteiger partial charge on any atom is -1.00 e. The van der Waals surface area contributed by atoms with Crippen LogP contribution in [0.2, 0.25) is 0 Å². The summed E-state index contributed by atoms with van der Waals surface area (Å²) in [6.45, 7) is -0.716. The molecule has 0 bridgehead atoms. The quantitative estimate of drug-likeness (QED) is 0.213. The molecule has 0 N–H and O–H groups in total. The molecule has 0 saturated carbocycles. The van der Waals surface area contributed by atoms with Crippen molar-refractivity contribution in [1.82, 2.24) is 4.98 Å². The summed E-state index contributed by atoms with van der Waals surface area (Å²) < 4.78 is 19.3. The van der Waals surface area contributed by atoms with E-state index in [1.807, 2.05) is 60.9 Å². The fourth-order valence-corrected chi connectivity index (χ4v) is 8.67. The minimum atomic E-state index is -2.34. The SMILES string of the molecule is CSc1oc(CF)nc1[P+](c1ccccc1)(c1ccccc1)c1ccccc1.[I-]. The molecular weight excluding hydrogens is 515 g/mol. The molecule has 6 heteroatoms. The highest BCUT2D eigenvalue weighted by Gasteiger charge is 2.52. The van der Waals surface area contributed by atoms with Gasteiger partial charge in [0.2, 0.25) is 11.0 Å². The summed E-state index contributed by atoms with van der Waals surface area (Å²) in [5.41, 5.74) is 0.830. The third-order valence-corrected chi connectivity index (χ3v) is 9.63. The van der Waals surface area contributed by atoms with Crippen LogP contribution in [-0.4, -0.2) is 11.2 Å². The summed E-state index contributed by atoms with van der Waals surface area (Å²) in [7, 11) is -2.34. The second kappa shape index (κ2) is 9.88. The van der Waals surface area contributed by atoms with Crippen LogP contribution < -0.4 is 45.3 Å². The molecule has 0 aliphatic heterocycles. The third kappa shape index (κ3) is 4.00. The Hall–Kier alpha value is -1.69. The summed E-state index contributed by atoms with van der Waals surface area (Å²) in [5.74, 6) is 0.131. The van der Waals surface area contributed by atoms with Gasteiger partial charge >= 0.3 is 0 Å². The van der Waals surface area contributed by atoms with Gasteiger partial charge in [-0.2, -0.15) is 4.98 Å². The van der Waals surface area contributed by atoms with Gasteiger partial charge in [-0.05, 0) is 42.7 Å². The average molecular weight is 535 g/mol. The van der Waals surface area contributed by atoms with Crippen LogP contribution in [0.15, 0.2) is 101 Å². The molecule has 29 heavy (non-hydrogen) atoms. The van der Waals surface area contributed by atoms with Crippen molar-refractivity contribution in [2.45, 2.75) is 11.8 Å². The monoisotopic (exact) mass is 535 g/mol. The van der Waals surface area contributed by atoms with E-state index in [1.54, 1.807) is 0 Å². The van der Waals surface area contributed by atoms with E-state index in [1.165, 1.54) is 27.7 Å². The number of thioether (sulfide) groups is 1. The lowest BCUT2D eigenvalue weighted by Crippen LogP contribution is -3.00. The molecule has 0 unspecified atom stereocenters. The average Bonchev–Trinajstić information content (AvgIpc) is 3.20. The Labute approximate surface area is 192 Å². The number of halogens is 2. The second-order valence-corrected chi connectivity index (χ2v) is 10.3. The molecule has 4 rings (SSSR count). The second-order valence-electron chi connectivity index (χ2n) is 6.23. The molecule has 3 aromatic carbocycles. The van der Waals surface area contributed by atoms with Crippen molar-refractivity contribution in [3.63, 3.8) is 0 Å². The first-order chi connectivity index (χ1) is 13.8. The molecule has 148 valence electrons. The molecule has 0 saturated heterocycles. The molecule has 0 atom stereocenters. The highest BCUT2D eigenvalue weighted by molar-refractivity contribution is 8.04. The number of oxazole rings is 1. The normalized spacial score (nSPS) is 11.1. The molecule has 0 aliphatic rings. The molecule has 4 aromatic rings. The minimum absolute atomic E-state index is 0. The Bertz CT molecular complexity index is 948. The summed E-state index contributed by atoms with van der Waals surface area (Å²) in [5, 5.41) is 4.18. The summed E-state index contributed by atoms with van der Waals surface area (Å²) >= 11 is 1.47. The molecular formula is C23H20FINOPS. The van der Waals surface area contributed by atoms with Gasteiger partial charge in [0.15, 0.2) is 13.9 Å². The maximum Gasteiger partial charge on any atom is 0.250 e. The van der Waals surface area contributed by atoms with Crippen LogP contribution in [0.1, 0.15) is 5.89 Å². The lowest BCUT2D eigenvalue weighted by Gasteiger charge is -2.25. The van der Waals surface area contributed by atoms with Crippen molar-refractivity contribution in [2.75, 3.05) is 6.26 Å². The van der Waals surface area contributed by atoms with Crippen LogP contribution in [0.4, 0.5) is 4.39 Å². The van der Waals surface area contributed by atoms with E-state index in [4.69, 9.17) is 4.42 Å². The van der Waals surface area contributed by atoms with Crippen LogP contribution in [0.5, 0.6) is 0 Å². The fourth-order valence-electron chi connectivity index (χ4n) is 3.51. The first kappa shape index (κ1) is 22.0. The van der Waals surface area contributed by atoms with Crippen molar-refractivity contribution in [3.05, 3.63) is 96.9 Å². The van der Waals surface area contributed by atoms with Crippen LogP contribution >= 0.6 is 19.0 Å². The first-order valence-electron chi connectivity index (χ1n) is 8.97. The van der Waals surface area contributed by atoms with E-state index < -0.39 is 13.9 Å². The van der Waals surface area contributed by atoms with Crippen molar-refractivity contribution >= 4 is 40.4 Å². The van der Waals surface area contributed by atoms with Crippen molar-refractivity contribution in [3.8, 4) is 0 Å². The van der Waals surface area contributed by atoms with Gasteiger partial charge in [0, 0.05) is 0 Å².